The lowest BCUT2D eigenvalue weighted by molar-refractivity contribution is -0.112. The lowest BCUT2D eigenvalue weighted by Crippen LogP contribution is -2.24. The second-order valence-electron chi connectivity index (χ2n) is 2.06. The fraction of sp³-hybridized carbons (Fsp3) is 0.667. The van der Waals surface area contributed by atoms with Crippen LogP contribution in [-0.2, 0) is 4.74 Å². The van der Waals surface area contributed by atoms with E-state index in [1.165, 1.54) is 20.3 Å². The number of hydrogen-bond acceptors (Lipinski definition) is 3. The van der Waals surface area contributed by atoms with Gasteiger partial charge in [-0.1, -0.05) is 0 Å². The van der Waals surface area contributed by atoms with Gasteiger partial charge in [0.1, 0.15) is 0 Å². The summed E-state index contributed by atoms with van der Waals surface area (Å²) in [5.41, 5.74) is 0.380. The van der Waals surface area contributed by atoms with E-state index >= 15 is 0 Å². The third kappa shape index (κ3) is 3.11. The summed E-state index contributed by atoms with van der Waals surface area (Å²) in [5, 5.41) is 17.6. The molecule has 9 heavy (non-hydrogen) atoms. The third-order valence-electron chi connectivity index (χ3n) is 1.04. The van der Waals surface area contributed by atoms with E-state index in [2.05, 4.69) is 4.74 Å². The van der Waals surface area contributed by atoms with E-state index in [9.17, 15) is 0 Å². The summed E-state index contributed by atoms with van der Waals surface area (Å²) >= 11 is 0. The van der Waals surface area contributed by atoms with E-state index in [0.29, 0.717) is 5.57 Å². The van der Waals surface area contributed by atoms with Crippen molar-refractivity contribution in [3.8, 4) is 0 Å². The molecule has 0 spiro atoms. The molecule has 0 unspecified atom stereocenters. The summed E-state index contributed by atoms with van der Waals surface area (Å²) in [7, 11) is 1.45. The van der Waals surface area contributed by atoms with Crippen LogP contribution in [0.1, 0.15) is 13.8 Å². The van der Waals surface area contributed by atoms with E-state index in [0.717, 1.165) is 0 Å². The SMILES string of the molecule is COC=C(C)C(C)(O)O. The van der Waals surface area contributed by atoms with Crippen LogP contribution >= 0.6 is 0 Å². The minimum absolute atomic E-state index is 0.380. The normalized spacial score (nSPS) is 13.7. The second kappa shape index (κ2) is 2.85. The van der Waals surface area contributed by atoms with Crippen LogP contribution < -0.4 is 0 Å². The van der Waals surface area contributed by atoms with Crippen LogP contribution in [0.2, 0.25) is 0 Å². The Bertz CT molecular complexity index is 110. The van der Waals surface area contributed by atoms with Crippen LogP contribution in [0.4, 0.5) is 0 Å². The highest BCUT2D eigenvalue weighted by Gasteiger charge is 2.17. The molecule has 0 rings (SSSR count). The van der Waals surface area contributed by atoms with Crippen LogP contribution in [0.15, 0.2) is 11.8 Å². The quantitative estimate of drug-likeness (QED) is 0.418. The monoisotopic (exact) mass is 132 g/mol. The Hall–Kier alpha value is -0.540. The largest absolute Gasteiger partial charge is 0.504 e. The second-order valence-corrected chi connectivity index (χ2v) is 2.06. The predicted molar refractivity (Wildman–Crippen MR) is 33.6 cm³/mol. The van der Waals surface area contributed by atoms with Crippen LogP contribution in [0.3, 0.4) is 0 Å². The number of methoxy groups -OCH3 is 1. The maximum atomic E-state index is 8.82. The molecule has 0 saturated carbocycles. The van der Waals surface area contributed by atoms with Crippen molar-refractivity contribution < 1.29 is 14.9 Å². The van der Waals surface area contributed by atoms with Crippen molar-refractivity contribution in [1.82, 2.24) is 0 Å². The molecule has 3 nitrogen and oxygen atoms in total. The van der Waals surface area contributed by atoms with Gasteiger partial charge in [0.25, 0.3) is 0 Å². The molecule has 0 radical (unpaired) electrons. The standard InChI is InChI=1S/C6H12O3/c1-5(4-9-3)6(2,7)8/h4,7-8H,1-3H3. The fourth-order valence-corrected chi connectivity index (χ4v) is 0.288. The van der Waals surface area contributed by atoms with Gasteiger partial charge >= 0.3 is 0 Å². The van der Waals surface area contributed by atoms with Crippen molar-refractivity contribution >= 4 is 0 Å². The zero-order valence-corrected chi connectivity index (χ0v) is 5.88. The molecule has 0 fully saturated rings. The molecule has 3 heteroatoms. The number of hydrogen-bond donors (Lipinski definition) is 2. The number of rotatable bonds is 2. The predicted octanol–water partition coefficient (Wildman–Crippen LogP) is 0.237. The van der Waals surface area contributed by atoms with Gasteiger partial charge in [-0.15, -0.1) is 0 Å². The Morgan fingerprint density at radius 3 is 2.11 bits per heavy atom. The number of ether oxygens (including phenoxy) is 1. The van der Waals surface area contributed by atoms with Gasteiger partial charge < -0.3 is 14.9 Å². The molecular weight excluding hydrogens is 120 g/mol. The smallest absolute Gasteiger partial charge is 0.185 e. The van der Waals surface area contributed by atoms with Crippen molar-refractivity contribution in [3.05, 3.63) is 11.8 Å². The molecule has 2 N–H and O–H groups in total. The van der Waals surface area contributed by atoms with E-state index in [4.69, 9.17) is 10.2 Å². The topological polar surface area (TPSA) is 49.7 Å². The molecule has 0 heterocycles. The highest BCUT2D eigenvalue weighted by atomic mass is 16.5. The van der Waals surface area contributed by atoms with E-state index in [1.807, 2.05) is 0 Å². The van der Waals surface area contributed by atoms with Gasteiger partial charge in [-0.3, -0.25) is 0 Å². The van der Waals surface area contributed by atoms with Gasteiger partial charge in [-0.05, 0) is 13.8 Å². The molecule has 0 atom stereocenters. The summed E-state index contributed by atoms with van der Waals surface area (Å²) in [4.78, 5) is 0. The average Bonchev–Trinajstić information content (AvgIpc) is 1.64. The zero-order valence-electron chi connectivity index (χ0n) is 5.88. The van der Waals surface area contributed by atoms with Gasteiger partial charge in [0.15, 0.2) is 5.79 Å². The molecule has 0 aromatic rings. The summed E-state index contributed by atoms with van der Waals surface area (Å²) in [5.74, 6) is -1.75. The lowest BCUT2D eigenvalue weighted by atomic mass is 10.2. The first-order valence-corrected chi connectivity index (χ1v) is 2.63. The Kier molecular flexibility index (Phi) is 2.67. The van der Waals surface area contributed by atoms with E-state index in [1.54, 1.807) is 6.92 Å². The first kappa shape index (κ1) is 8.46. The van der Waals surface area contributed by atoms with Crippen LogP contribution in [0.25, 0.3) is 0 Å². The van der Waals surface area contributed by atoms with Crippen LogP contribution in [0.5, 0.6) is 0 Å². The average molecular weight is 132 g/mol. The minimum atomic E-state index is -1.75. The zero-order chi connectivity index (χ0) is 7.49. The van der Waals surface area contributed by atoms with Gasteiger partial charge in [-0.25, -0.2) is 0 Å². The molecule has 54 valence electrons. The lowest BCUT2D eigenvalue weighted by Gasteiger charge is -2.15. The minimum Gasteiger partial charge on any atom is -0.504 e. The molecule has 0 aromatic carbocycles. The van der Waals surface area contributed by atoms with Gasteiger partial charge in [0, 0.05) is 5.57 Å². The third-order valence-corrected chi connectivity index (χ3v) is 1.04. The Morgan fingerprint density at radius 2 is 2.00 bits per heavy atom. The summed E-state index contributed by atoms with van der Waals surface area (Å²) in [6, 6.07) is 0. The van der Waals surface area contributed by atoms with Crippen molar-refractivity contribution in [2.24, 2.45) is 0 Å². The maximum Gasteiger partial charge on any atom is 0.185 e. The van der Waals surface area contributed by atoms with Gasteiger partial charge in [0.05, 0.1) is 13.4 Å². The Morgan fingerprint density at radius 1 is 1.56 bits per heavy atom. The summed E-state index contributed by atoms with van der Waals surface area (Å²) in [6.07, 6.45) is 1.29. The molecule has 0 aromatic heterocycles. The van der Waals surface area contributed by atoms with Crippen LogP contribution in [-0.4, -0.2) is 23.1 Å². The molecule has 0 aliphatic rings. The molecule has 0 aliphatic carbocycles. The van der Waals surface area contributed by atoms with Crippen LogP contribution in [0, 0.1) is 0 Å². The highest BCUT2D eigenvalue weighted by Crippen LogP contribution is 2.10. The highest BCUT2D eigenvalue weighted by molar-refractivity contribution is 5.03. The fourth-order valence-electron chi connectivity index (χ4n) is 0.288. The first-order chi connectivity index (χ1) is 3.98. The molecule has 0 saturated heterocycles. The molecule has 0 aliphatic heterocycles. The first-order valence-electron chi connectivity index (χ1n) is 2.63. The van der Waals surface area contributed by atoms with Gasteiger partial charge in [-0.2, -0.15) is 0 Å². The molecular formula is C6H12O3. The van der Waals surface area contributed by atoms with Crippen molar-refractivity contribution in [1.29, 1.82) is 0 Å². The van der Waals surface area contributed by atoms with Crippen molar-refractivity contribution in [3.63, 3.8) is 0 Å². The Labute approximate surface area is 54.6 Å². The van der Waals surface area contributed by atoms with Crippen molar-refractivity contribution in [2.45, 2.75) is 19.6 Å². The Balaban J connectivity index is 4.03. The number of aliphatic hydroxyl groups is 2. The van der Waals surface area contributed by atoms with Gasteiger partial charge in [0.2, 0.25) is 0 Å². The summed E-state index contributed by atoms with van der Waals surface area (Å²) in [6.45, 7) is 2.85. The summed E-state index contributed by atoms with van der Waals surface area (Å²) < 4.78 is 4.55. The molecule has 0 amide bonds. The molecule has 0 bridgehead atoms. The maximum absolute atomic E-state index is 8.82. The van der Waals surface area contributed by atoms with E-state index in [-0.39, 0.29) is 0 Å². The van der Waals surface area contributed by atoms with E-state index < -0.39 is 5.79 Å². The van der Waals surface area contributed by atoms with Crippen molar-refractivity contribution in [2.75, 3.05) is 7.11 Å².